The molecule has 8 nitrogen and oxygen atoms in total. The number of pyridine rings is 1. The molecule has 1 amide bonds. The van der Waals surface area contributed by atoms with Crippen LogP contribution in [0, 0.1) is 17.5 Å². The highest BCUT2D eigenvalue weighted by molar-refractivity contribution is 5.96. The molecule has 4 rings (SSSR count). The second-order valence-corrected chi connectivity index (χ2v) is 8.97. The smallest absolute Gasteiger partial charge is 0.277 e. The second kappa shape index (κ2) is 11.2. The summed E-state index contributed by atoms with van der Waals surface area (Å²) in [5, 5.41) is 22.1. The first-order valence-corrected chi connectivity index (χ1v) is 12.2. The number of hydrogen-bond acceptors (Lipinski definition) is 6. The fraction of sp³-hybridized carbons (Fsp3) is 0.333. The van der Waals surface area contributed by atoms with E-state index in [1.807, 2.05) is 6.92 Å². The largest absolute Gasteiger partial charge is 0.507 e. The monoisotopic (exact) mass is 531 g/mol. The number of ether oxygens (including phenoxy) is 1. The Morgan fingerprint density at radius 1 is 1.05 bits per heavy atom. The van der Waals surface area contributed by atoms with E-state index in [1.54, 1.807) is 5.01 Å². The molecular formula is C27H28F3N3O5. The SMILES string of the molecule is CCCCOc1c2n(ccc1=O)N(C(c1ccc(F)cc1)c1cc(F)c(F)cc1O)C(CCO)N(C)C2=O. The molecule has 0 fully saturated rings. The topological polar surface area (TPSA) is 95.2 Å². The van der Waals surface area contributed by atoms with E-state index in [-0.39, 0.29) is 36.6 Å². The Balaban J connectivity index is 2.03. The molecule has 0 saturated carbocycles. The number of phenols is 1. The molecule has 0 bridgehead atoms. The van der Waals surface area contributed by atoms with Gasteiger partial charge in [0.2, 0.25) is 5.43 Å². The van der Waals surface area contributed by atoms with Crippen molar-refractivity contribution in [3.8, 4) is 11.5 Å². The zero-order valence-electron chi connectivity index (χ0n) is 20.9. The summed E-state index contributed by atoms with van der Waals surface area (Å²) in [7, 11) is 1.47. The van der Waals surface area contributed by atoms with E-state index < -0.39 is 46.7 Å². The minimum absolute atomic E-state index is 0.0158. The van der Waals surface area contributed by atoms with Gasteiger partial charge in [-0.2, -0.15) is 0 Å². The van der Waals surface area contributed by atoms with Gasteiger partial charge in [-0.1, -0.05) is 25.5 Å². The lowest BCUT2D eigenvalue weighted by atomic mass is 9.95. The molecule has 2 aromatic carbocycles. The maximum absolute atomic E-state index is 14.5. The fourth-order valence-corrected chi connectivity index (χ4v) is 4.61. The molecule has 38 heavy (non-hydrogen) atoms. The molecule has 2 heterocycles. The van der Waals surface area contributed by atoms with Gasteiger partial charge >= 0.3 is 0 Å². The zero-order valence-corrected chi connectivity index (χ0v) is 20.9. The summed E-state index contributed by atoms with van der Waals surface area (Å²) in [5.74, 6) is -4.36. The van der Waals surface area contributed by atoms with Gasteiger partial charge in [0, 0.05) is 44.0 Å². The molecule has 0 saturated heterocycles. The predicted molar refractivity (Wildman–Crippen MR) is 133 cm³/mol. The molecule has 0 aliphatic carbocycles. The molecule has 202 valence electrons. The number of carbonyl (C=O) groups is 1. The van der Waals surface area contributed by atoms with Crippen molar-refractivity contribution in [2.45, 2.75) is 38.4 Å². The van der Waals surface area contributed by atoms with Gasteiger partial charge in [0.25, 0.3) is 5.91 Å². The number of halogens is 3. The number of aliphatic hydroxyl groups excluding tert-OH is 1. The Morgan fingerprint density at radius 2 is 1.74 bits per heavy atom. The van der Waals surface area contributed by atoms with Gasteiger partial charge in [-0.05, 0) is 30.2 Å². The third-order valence-corrected chi connectivity index (χ3v) is 6.51. The van der Waals surface area contributed by atoms with Crippen LogP contribution < -0.4 is 15.2 Å². The number of amides is 1. The Hall–Kier alpha value is -3.99. The predicted octanol–water partition coefficient (Wildman–Crippen LogP) is 3.67. The van der Waals surface area contributed by atoms with Gasteiger partial charge in [-0.3, -0.25) is 19.3 Å². The molecule has 1 aliphatic rings. The number of hydrogen-bond donors (Lipinski definition) is 2. The van der Waals surface area contributed by atoms with Gasteiger partial charge in [-0.15, -0.1) is 0 Å². The summed E-state index contributed by atoms with van der Waals surface area (Å²) in [6.45, 7) is 1.78. The van der Waals surface area contributed by atoms with Crippen molar-refractivity contribution in [3.63, 3.8) is 0 Å². The lowest BCUT2D eigenvalue weighted by Gasteiger charge is -2.49. The molecule has 11 heteroatoms. The van der Waals surface area contributed by atoms with Crippen LogP contribution in [0.25, 0.3) is 0 Å². The first-order chi connectivity index (χ1) is 18.2. The Kier molecular flexibility index (Phi) is 7.96. The van der Waals surface area contributed by atoms with E-state index >= 15 is 0 Å². The summed E-state index contributed by atoms with van der Waals surface area (Å²) >= 11 is 0. The molecule has 0 spiro atoms. The summed E-state index contributed by atoms with van der Waals surface area (Å²) in [5.41, 5.74) is -0.362. The Bertz CT molecular complexity index is 1380. The summed E-state index contributed by atoms with van der Waals surface area (Å²) in [6.07, 6.45) is 1.90. The third-order valence-electron chi connectivity index (χ3n) is 6.51. The zero-order chi connectivity index (χ0) is 27.6. The highest BCUT2D eigenvalue weighted by Gasteiger charge is 2.42. The summed E-state index contributed by atoms with van der Waals surface area (Å²) in [4.78, 5) is 27.6. The van der Waals surface area contributed by atoms with Crippen LogP contribution >= 0.6 is 0 Å². The van der Waals surface area contributed by atoms with Gasteiger partial charge in [0.1, 0.15) is 23.8 Å². The van der Waals surface area contributed by atoms with E-state index in [4.69, 9.17) is 4.74 Å². The minimum atomic E-state index is -1.27. The number of fused-ring (bicyclic) bond motifs is 1. The maximum Gasteiger partial charge on any atom is 0.277 e. The Labute approximate surface area is 217 Å². The molecule has 2 unspecified atom stereocenters. The molecule has 2 atom stereocenters. The van der Waals surface area contributed by atoms with Crippen molar-refractivity contribution in [1.29, 1.82) is 0 Å². The van der Waals surface area contributed by atoms with E-state index in [0.29, 0.717) is 18.1 Å². The molecule has 0 radical (unpaired) electrons. The summed E-state index contributed by atoms with van der Waals surface area (Å²) < 4.78 is 49.4. The Morgan fingerprint density at radius 3 is 2.39 bits per heavy atom. The van der Waals surface area contributed by atoms with E-state index in [0.717, 1.165) is 12.5 Å². The number of rotatable bonds is 9. The lowest BCUT2D eigenvalue weighted by molar-refractivity contribution is 0.0576. The van der Waals surface area contributed by atoms with Gasteiger partial charge in [0.15, 0.2) is 23.1 Å². The number of aromatic hydroxyl groups is 1. The van der Waals surface area contributed by atoms with Crippen LogP contribution in [0.15, 0.2) is 53.5 Å². The lowest BCUT2D eigenvalue weighted by Crippen LogP contribution is -2.61. The van der Waals surface area contributed by atoms with Gasteiger partial charge in [-0.25, -0.2) is 13.2 Å². The molecule has 2 N–H and O–H groups in total. The van der Waals surface area contributed by atoms with Gasteiger partial charge in [0.05, 0.1) is 6.61 Å². The minimum Gasteiger partial charge on any atom is -0.507 e. The summed E-state index contributed by atoms with van der Waals surface area (Å²) in [6, 6.07) is 6.71. The average molecular weight is 532 g/mol. The van der Waals surface area contributed by atoms with Crippen molar-refractivity contribution >= 4 is 5.91 Å². The molecular weight excluding hydrogens is 503 g/mol. The molecule has 1 aromatic heterocycles. The number of aliphatic hydroxyl groups is 1. The second-order valence-electron chi connectivity index (χ2n) is 8.97. The highest BCUT2D eigenvalue weighted by atomic mass is 19.2. The molecule has 3 aromatic rings. The van der Waals surface area contributed by atoms with Gasteiger partial charge < -0.3 is 19.8 Å². The van der Waals surface area contributed by atoms with Crippen molar-refractivity contribution in [3.05, 3.63) is 93.2 Å². The number of unbranched alkanes of at least 4 members (excludes halogenated alkanes) is 1. The number of carbonyl (C=O) groups excluding carboxylic acids is 1. The normalized spacial score (nSPS) is 15.9. The number of nitrogens with zero attached hydrogens (tertiary/aromatic N) is 3. The average Bonchev–Trinajstić information content (AvgIpc) is 2.89. The van der Waals surface area contributed by atoms with Crippen LogP contribution in [-0.4, -0.2) is 52.1 Å². The molecule has 1 aliphatic heterocycles. The third kappa shape index (κ3) is 4.93. The van der Waals surface area contributed by atoms with Crippen LogP contribution in [0.3, 0.4) is 0 Å². The highest BCUT2D eigenvalue weighted by Crippen LogP contribution is 2.39. The van der Waals surface area contributed by atoms with Crippen molar-refractivity contribution < 1.29 is 32.9 Å². The quantitative estimate of drug-likeness (QED) is 0.409. The van der Waals surface area contributed by atoms with E-state index in [1.165, 1.54) is 53.2 Å². The van der Waals surface area contributed by atoms with Crippen molar-refractivity contribution in [2.24, 2.45) is 0 Å². The van der Waals surface area contributed by atoms with Crippen LogP contribution in [0.4, 0.5) is 13.2 Å². The maximum atomic E-state index is 14.5. The number of phenolic OH excluding ortho intramolecular Hbond substituents is 1. The van der Waals surface area contributed by atoms with Crippen LogP contribution in [0.2, 0.25) is 0 Å². The first kappa shape index (κ1) is 27.1. The first-order valence-electron chi connectivity index (χ1n) is 12.2. The fourth-order valence-electron chi connectivity index (χ4n) is 4.61. The van der Waals surface area contributed by atoms with Crippen molar-refractivity contribution in [2.75, 3.05) is 25.3 Å². The standard InChI is InChI=1S/C27H28F3N3O5/c1-3-4-13-38-26-21(35)9-11-32-25(26)27(37)31(2)23(10-12-34)33(32)24(16-5-7-17(28)8-6-16)18-14-19(29)20(30)15-22(18)36/h5-9,11,14-15,23-24,34,36H,3-4,10,12-13H2,1-2H3. The number of aromatic nitrogens is 1. The van der Waals surface area contributed by atoms with Crippen LogP contribution in [0.1, 0.15) is 53.8 Å². The van der Waals surface area contributed by atoms with Crippen LogP contribution in [0.5, 0.6) is 11.5 Å². The van der Waals surface area contributed by atoms with E-state index in [2.05, 4.69) is 0 Å². The van der Waals surface area contributed by atoms with Crippen LogP contribution in [-0.2, 0) is 0 Å². The van der Waals surface area contributed by atoms with Crippen molar-refractivity contribution in [1.82, 2.24) is 9.58 Å². The number of benzene rings is 2. The van der Waals surface area contributed by atoms with E-state index in [9.17, 15) is 33.0 Å².